The van der Waals surface area contributed by atoms with Gasteiger partial charge in [0.15, 0.2) is 11.5 Å². The molecule has 2 aromatic rings. The fourth-order valence-electron chi connectivity index (χ4n) is 5.07. The number of rotatable bonds is 5. The summed E-state index contributed by atoms with van der Waals surface area (Å²) in [6.07, 6.45) is 8.17. The molecule has 7 heteroatoms. The lowest BCUT2D eigenvalue weighted by Gasteiger charge is -2.42. The monoisotopic (exact) mass is 410 g/mol. The predicted molar refractivity (Wildman–Crippen MR) is 116 cm³/mol. The smallest absolute Gasteiger partial charge is 0.255 e. The molecule has 7 nitrogen and oxygen atoms in total. The van der Waals surface area contributed by atoms with E-state index in [1.807, 2.05) is 23.2 Å². The van der Waals surface area contributed by atoms with Crippen molar-refractivity contribution < 1.29 is 4.79 Å². The third-order valence-corrected chi connectivity index (χ3v) is 7.00. The maximum absolute atomic E-state index is 13.1. The van der Waals surface area contributed by atoms with Gasteiger partial charge in [0.2, 0.25) is 0 Å². The summed E-state index contributed by atoms with van der Waals surface area (Å²) in [6, 6.07) is 4.50. The lowest BCUT2D eigenvalue weighted by Crippen LogP contribution is -2.51. The molecule has 3 fully saturated rings. The first-order chi connectivity index (χ1) is 14.6. The Morgan fingerprint density at radius 3 is 2.60 bits per heavy atom. The quantitative estimate of drug-likeness (QED) is 0.759. The molecule has 2 aromatic heterocycles. The summed E-state index contributed by atoms with van der Waals surface area (Å²) >= 11 is 0. The van der Waals surface area contributed by atoms with E-state index in [2.05, 4.69) is 38.2 Å². The molecular weight excluding hydrogens is 376 g/mol. The number of hydrogen-bond acceptors (Lipinski definition) is 5. The molecule has 0 bridgehead atoms. The van der Waals surface area contributed by atoms with Gasteiger partial charge in [-0.3, -0.25) is 19.0 Å². The van der Waals surface area contributed by atoms with Gasteiger partial charge in [-0.05, 0) is 64.0 Å². The highest BCUT2D eigenvalue weighted by atomic mass is 16.2. The molecule has 30 heavy (non-hydrogen) atoms. The largest absolute Gasteiger partial charge is 0.339 e. The van der Waals surface area contributed by atoms with Crippen LogP contribution in [0.5, 0.6) is 0 Å². The predicted octanol–water partition coefficient (Wildman–Crippen LogP) is 2.83. The zero-order chi connectivity index (χ0) is 20.7. The molecule has 162 valence electrons. The van der Waals surface area contributed by atoms with Gasteiger partial charge < -0.3 is 4.90 Å². The van der Waals surface area contributed by atoms with Gasteiger partial charge in [-0.2, -0.15) is 0 Å². The maximum Gasteiger partial charge on any atom is 0.255 e. The molecule has 5 rings (SSSR count). The number of nitrogens with zero attached hydrogens (tertiary/aromatic N) is 6. The van der Waals surface area contributed by atoms with Crippen molar-refractivity contribution in [3.8, 4) is 0 Å². The highest BCUT2D eigenvalue weighted by molar-refractivity contribution is 5.94. The maximum atomic E-state index is 13.1. The van der Waals surface area contributed by atoms with Crippen LogP contribution in [0, 0.1) is 5.92 Å². The van der Waals surface area contributed by atoms with E-state index < -0.39 is 0 Å². The number of aromatic nitrogens is 3. The van der Waals surface area contributed by atoms with E-state index in [0.29, 0.717) is 6.04 Å². The lowest BCUT2D eigenvalue weighted by atomic mass is 10.1. The average molecular weight is 411 g/mol. The molecular formula is C23H34N6O. The van der Waals surface area contributed by atoms with E-state index in [1.54, 1.807) is 0 Å². The molecule has 0 radical (unpaired) electrons. The standard InChI is InChI=1S/C23H34N6O/c1-17(2)28-13-12-26(14-18-6-7-18)16-20(28)22-25-24-21-9-8-19(15-29(21)22)23(30)27-10-4-3-5-11-27/h8-9,15,17-18,20H,3-7,10-14,16H2,1-2H3. The fourth-order valence-corrected chi connectivity index (χ4v) is 5.07. The second kappa shape index (κ2) is 8.27. The van der Waals surface area contributed by atoms with Crippen LogP contribution in [0.25, 0.3) is 5.65 Å². The van der Waals surface area contributed by atoms with E-state index in [1.165, 1.54) is 25.8 Å². The average Bonchev–Trinajstić information content (AvgIpc) is 3.48. The minimum absolute atomic E-state index is 0.135. The van der Waals surface area contributed by atoms with Crippen molar-refractivity contribution >= 4 is 11.6 Å². The summed E-state index contributed by atoms with van der Waals surface area (Å²) < 4.78 is 2.07. The first-order valence-corrected chi connectivity index (χ1v) is 11.7. The number of carbonyl (C=O) groups is 1. The van der Waals surface area contributed by atoms with E-state index >= 15 is 0 Å². The summed E-state index contributed by atoms with van der Waals surface area (Å²) in [4.78, 5) is 20.2. The molecule has 1 amide bonds. The summed E-state index contributed by atoms with van der Waals surface area (Å²) in [6.45, 7) is 10.6. The minimum atomic E-state index is 0.135. The Labute approximate surface area is 179 Å². The minimum Gasteiger partial charge on any atom is -0.339 e. The number of piperidine rings is 1. The van der Waals surface area contributed by atoms with Crippen LogP contribution in [-0.2, 0) is 0 Å². The highest BCUT2D eigenvalue weighted by Gasteiger charge is 2.35. The Morgan fingerprint density at radius 2 is 1.87 bits per heavy atom. The van der Waals surface area contributed by atoms with Gasteiger partial charge >= 0.3 is 0 Å². The van der Waals surface area contributed by atoms with E-state index in [-0.39, 0.29) is 11.9 Å². The fraction of sp³-hybridized carbons (Fsp3) is 0.696. The Bertz CT molecular complexity index is 898. The lowest BCUT2D eigenvalue weighted by molar-refractivity contribution is 0.0437. The Balaban J connectivity index is 1.44. The molecule has 3 aliphatic rings. The summed E-state index contributed by atoms with van der Waals surface area (Å²) in [5.74, 6) is 1.99. The molecule has 2 saturated heterocycles. The normalized spacial score (nSPS) is 24.1. The Hall–Kier alpha value is -1.99. The van der Waals surface area contributed by atoms with Gasteiger partial charge in [-0.15, -0.1) is 10.2 Å². The number of piperazine rings is 1. The molecule has 0 N–H and O–H groups in total. The van der Waals surface area contributed by atoms with E-state index in [9.17, 15) is 4.79 Å². The van der Waals surface area contributed by atoms with Crippen molar-refractivity contribution in [3.05, 3.63) is 29.7 Å². The van der Waals surface area contributed by atoms with Crippen molar-refractivity contribution in [1.82, 2.24) is 29.3 Å². The van der Waals surface area contributed by atoms with Crippen LogP contribution in [0.3, 0.4) is 0 Å². The molecule has 1 unspecified atom stereocenters. The second-order valence-electron chi connectivity index (χ2n) is 9.61. The molecule has 2 aliphatic heterocycles. The van der Waals surface area contributed by atoms with Gasteiger partial charge in [-0.25, -0.2) is 0 Å². The van der Waals surface area contributed by atoms with E-state index in [0.717, 1.165) is 68.5 Å². The molecule has 0 spiro atoms. The topological polar surface area (TPSA) is 57.0 Å². The van der Waals surface area contributed by atoms with Crippen molar-refractivity contribution in [2.24, 2.45) is 5.92 Å². The van der Waals surface area contributed by atoms with E-state index in [4.69, 9.17) is 0 Å². The summed E-state index contributed by atoms with van der Waals surface area (Å²) in [7, 11) is 0. The molecule has 1 aliphatic carbocycles. The highest BCUT2D eigenvalue weighted by Crippen LogP contribution is 2.33. The SMILES string of the molecule is CC(C)N1CCN(CC2CC2)CC1c1nnc2ccc(C(=O)N3CCCCC3)cn12. The van der Waals surface area contributed by atoms with Crippen LogP contribution >= 0.6 is 0 Å². The molecule has 4 heterocycles. The van der Waals surface area contributed by atoms with Crippen molar-refractivity contribution in [1.29, 1.82) is 0 Å². The number of pyridine rings is 1. The van der Waals surface area contributed by atoms with Crippen molar-refractivity contribution in [3.63, 3.8) is 0 Å². The third-order valence-electron chi connectivity index (χ3n) is 7.00. The van der Waals surface area contributed by atoms with Gasteiger partial charge in [0.05, 0.1) is 11.6 Å². The number of amides is 1. The van der Waals surface area contributed by atoms with Crippen LogP contribution in [0.1, 0.15) is 68.2 Å². The van der Waals surface area contributed by atoms with Crippen LogP contribution in [0.4, 0.5) is 0 Å². The van der Waals surface area contributed by atoms with Gasteiger partial charge in [0.25, 0.3) is 5.91 Å². The van der Waals surface area contributed by atoms with Gasteiger partial charge in [0, 0.05) is 51.5 Å². The van der Waals surface area contributed by atoms with Crippen molar-refractivity contribution in [2.75, 3.05) is 39.3 Å². The summed E-state index contributed by atoms with van der Waals surface area (Å²) in [5, 5.41) is 9.06. The van der Waals surface area contributed by atoms with Gasteiger partial charge in [0.1, 0.15) is 0 Å². The number of carbonyl (C=O) groups excluding carboxylic acids is 1. The zero-order valence-electron chi connectivity index (χ0n) is 18.3. The molecule has 1 saturated carbocycles. The van der Waals surface area contributed by atoms with Crippen LogP contribution in [-0.4, -0.2) is 80.5 Å². The van der Waals surface area contributed by atoms with Crippen LogP contribution < -0.4 is 0 Å². The first-order valence-electron chi connectivity index (χ1n) is 11.7. The Kier molecular flexibility index (Phi) is 5.50. The van der Waals surface area contributed by atoms with Crippen LogP contribution in [0.15, 0.2) is 18.3 Å². The summed E-state index contributed by atoms with van der Waals surface area (Å²) in [5.41, 5.74) is 1.57. The molecule has 1 atom stereocenters. The number of fused-ring (bicyclic) bond motifs is 1. The third kappa shape index (κ3) is 3.97. The number of hydrogen-bond donors (Lipinski definition) is 0. The second-order valence-corrected chi connectivity index (χ2v) is 9.61. The zero-order valence-corrected chi connectivity index (χ0v) is 18.3. The van der Waals surface area contributed by atoms with Crippen LogP contribution in [0.2, 0.25) is 0 Å². The Morgan fingerprint density at radius 1 is 1.07 bits per heavy atom. The van der Waals surface area contributed by atoms with Crippen molar-refractivity contribution in [2.45, 2.75) is 58.0 Å². The number of likely N-dealkylation sites (tertiary alicyclic amines) is 1. The first kappa shape index (κ1) is 19.9. The van der Waals surface area contributed by atoms with Gasteiger partial charge in [-0.1, -0.05) is 0 Å². The molecule has 0 aromatic carbocycles.